The number of hydrogen-bond donors (Lipinski definition) is 2. The molecule has 3 aliphatic rings. The quantitative estimate of drug-likeness (QED) is 0.421. The average molecular weight is 602 g/mol. The van der Waals surface area contributed by atoms with Crippen LogP contribution in [0.1, 0.15) is 42.9 Å². The lowest BCUT2D eigenvalue weighted by Crippen LogP contribution is -2.44. The highest BCUT2D eigenvalue weighted by Gasteiger charge is 2.54. The smallest absolute Gasteiger partial charge is 0.338 e. The molecule has 5 rings (SSSR count). The van der Waals surface area contributed by atoms with E-state index in [1.807, 2.05) is 0 Å². The molecule has 2 aromatic rings. The Labute approximate surface area is 246 Å². The molecular formula is C29H33F2N5O5S. The summed E-state index contributed by atoms with van der Waals surface area (Å²) in [5.41, 5.74) is 0.164. The number of likely N-dealkylation sites (tertiary alicyclic amines) is 2. The average Bonchev–Trinajstić information content (AvgIpc) is 3.65. The summed E-state index contributed by atoms with van der Waals surface area (Å²) in [6.07, 6.45) is 0.150. The zero-order valence-electron chi connectivity index (χ0n) is 23.8. The molecule has 0 saturated carbocycles. The first-order chi connectivity index (χ1) is 19.9. The predicted molar refractivity (Wildman–Crippen MR) is 151 cm³/mol. The molecule has 13 heteroatoms. The lowest BCUT2D eigenvalue weighted by molar-refractivity contribution is -0.149. The van der Waals surface area contributed by atoms with Crippen molar-refractivity contribution in [3.63, 3.8) is 0 Å². The summed E-state index contributed by atoms with van der Waals surface area (Å²) >= 11 is 1.33. The molecule has 3 aliphatic heterocycles. The number of halogens is 2. The summed E-state index contributed by atoms with van der Waals surface area (Å²) in [6, 6.07) is 3.13. The molecule has 2 saturated heterocycles. The van der Waals surface area contributed by atoms with Gasteiger partial charge in [-0.3, -0.25) is 19.5 Å². The number of amides is 1. The number of aliphatic imine (C=N–C) groups is 1. The molecule has 224 valence electrons. The number of ether oxygens (including phenoxy) is 1. The number of carbonyl (C=O) groups excluding carboxylic acids is 2. The van der Waals surface area contributed by atoms with Gasteiger partial charge in [-0.1, -0.05) is 12.1 Å². The molecule has 0 radical (unpaired) electrons. The minimum Gasteiger partial charge on any atom is -0.481 e. The number of benzene rings is 1. The number of thiazole rings is 1. The van der Waals surface area contributed by atoms with Crippen molar-refractivity contribution in [2.45, 2.75) is 46.0 Å². The number of alkyl halides is 1. The van der Waals surface area contributed by atoms with Gasteiger partial charge in [0.2, 0.25) is 5.91 Å². The van der Waals surface area contributed by atoms with Gasteiger partial charge < -0.3 is 20.1 Å². The maximum absolute atomic E-state index is 15.4. The Morgan fingerprint density at radius 1 is 1.29 bits per heavy atom. The van der Waals surface area contributed by atoms with Gasteiger partial charge in [-0.05, 0) is 44.9 Å². The first-order valence-corrected chi connectivity index (χ1v) is 14.6. The van der Waals surface area contributed by atoms with E-state index in [1.54, 1.807) is 42.5 Å². The Balaban J connectivity index is 1.54. The topological polar surface area (TPSA) is 124 Å². The number of carboxylic acids is 1. The third kappa shape index (κ3) is 5.42. The van der Waals surface area contributed by atoms with Crippen LogP contribution in [0.25, 0.3) is 0 Å². The van der Waals surface area contributed by atoms with Crippen molar-refractivity contribution < 1.29 is 33.0 Å². The van der Waals surface area contributed by atoms with Crippen LogP contribution in [-0.4, -0.2) is 88.6 Å². The number of hydrogen-bond acceptors (Lipinski definition) is 9. The number of nitrogens with zero attached hydrogens (tertiary/aromatic N) is 4. The third-order valence-corrected chi connectivity index (χ3v) is 8.85. The fourth-order valence-electron chi connectivity index (χ4n) is 5.85. The van der Waals surface area contributed by atoms with Gasteiger partial charge in [0.25, 0.3) is 0 Å². The van der Waals surface area contributed by atoms with E-state index in [9.17, 15) is 23.9 Å². The minimum absolute atomic E-state index is 0.0497. The minimum atomic E-state index is -1.47. The SMILES string of the molecule is CCOC(=O)C1=C(CN2C[C@@H](F)[C@@H]3C(=O)N(CC(C)(C)C(=O)O)C[C@@H]32)NC(c2nccs2)=N[C@H]1c1cccc(F)c1C. The number of carbonyl (C=O) groups is 3. The van der Waals surface area contributed by atoms with Crippen molar-refractivity contribution in [2.24, 2.45) is 16.3 Å². The second kappa shape index (κ2) is 11.5. The van der Waals surface area contributed by atoms with Crippen LogP contribution in [0.15, 0.2) is 46.0 Å². The van der Waals surface area contributed by atoms with Crippen LogP contribution in [0.2, 0.25) is 0 Å². The molecule has 1 aromatic heterocycles. The Morgan fingerprint density at radius 3 is 2.71 bits per heavy atom. The van der Waals surface area contributed by atoms with Crippen molar-refractivity contribution in [1.29, 1.82) is 0 Å². The van der Waals surface area contributed by atoms with Gasteiger partial charge in [0.1, 0.15) is 18.0 Å². The number of aromatic nitrogens is 1. The standard InChI is InChI=1S/C29H33F2N5O5S/c1-5-41-27(38)22-19(12-35-11-18(31)21-20(35)13-36(26(21)37)14-29(3,4)28(39)40)33-24(25-32-9-10-42-25)34-23(22)16-7-6-8-17(30)15(16)2/h6-10,18,20-21,23H,5,11-14H2,1-4H3,(H,33,34)(H,39,40)/t18-,20+,21+,23+/m1/s1. The summed E-state index contributed by atoms with van der Waals surface area (Å²) in [5.74, 6) is -3.13. The molecule has 0 bridgehead atoms. The van der Waals surface area contributed by atoms with Gasteiger partial charge in [0.05, 0.1) is 23.5 Å². The van der Waals surface area contributed by atoms with Crippen LogP contribution in [0.3, 0.4) is 0 Å². The van der Waals surface area contributed by atoms with Crippen molar-refractivity contribution in [3.05, 3.63) is 63.0 Å². The van der Waals surface area contributed by atoms with Crippen molar-refractivity contribution in [1.82, 2.24) is 20.1 Å². The Kier molecular flexibility index (Phi) is 8.17. The van der Waals surface area contributed by atoms with Crippen molar-refractivity contribution >= 4 is 35.0 Å². The maximum Gasteiger partial charge on any atom is 0.338 e. The number of amidine groups is 1. The summed E-state index contributed by atoms with van der Waals surface area (Å²) in [4.78, 5) is 50.7. The molecule has 2 N–H and O–H groups in total. The number of nitrogens with one attached hydrogen (secondary N) is 1. The lowest BCUT2D eigenvalue weighted by atomic mass is 9.92. The van der Waals surface area contributed by atoms with E-state index in [0.29, 0.717) is 27.7 Å². The van der Waals surface area contributed by atoms with Crippen LogP contribution >= 0.6 is 11.3 Å². The second-order valence-corrected chi connectivity index (χ2v) is 12.3. The molecule has 1 aromatic carbocycles. The van der Waals surface area contributed by atoms with Crippen LogP contribution in [0.5, 0.6) is 0 Å². The Bertz CT molecular complexity index is 1460. The van der Waals surface area contributed by atoms with Gasteiger partial charge >= 0.3 is 11.9 Å². The van der Waals surface area contributed by atoms with Crippen LogP contribution < -0.4 is 5.32 Å². The molecule has 1 amide bonds. The van der Waals surface area contributed by atoms with E-state index in [0.717, 1.165) is 0 Å². The number of aliphatic carboxylic acids is 1. The van der Waals surface area contributed by atoms with E-state index in [4.69, 9.17) is 9.73 Å². The molecule has 0 spiro atoms. The first-order valence-electron chi connectivity index (χ1n) is 13.7. The third-order valence-electron chi connectivity index (χ3n) is 8.07. The molecule has 0 aliphatic carbocycles. The fraction of sp³-hybridized carbons (Fsp3) is 0.483. The highest BCUT2D eigenvalue weighted by Crippen LogP contribution is 2.39. The fourth-order valence-corrected chi connectivity index (χ4v) is 6.44. The molecule has 0 unspecified atom stereocenters. The largest absolute Gasteiger partial charge is 0.481 e. The molecule has 2 fully saturated rings. The van der Waals surface area contributed by atoms with E-state index >= 15 is 4.39 Å². The van der Waals surface area contributed by atoms with Crippen molar-refractivity contribution in [3.8, 4) is 0 Å². The van der Waals surface area contributed by atoms with Gasteiger partial charge in [-0.2, -0.15) is 0 Å². The highest BCUT2D eigenvalue weighted by molar-refractivity contribution is 7.11. The monoisotopic (exact) mass is 601 g/mol. The zero-order valence-corrected chi connectivity index (χ0v) is 24.6. The molecule has 4 atom stereocenters. The van der Waals surface area contributed by atoms with E-state index in [2.05, 4.69) is 10.3 Å². The van der Waals surface area contributed by atoms with Crippen LogP contribution in [0, 0.1) is 24.1 Å². The van der Waals surface area contributed by atoms with E-state index in [1.165, 1.54) is 36.2 Å². The summed E-state index contributed by atoms with van der Waals surface area (Å²) in [6.45, 7) is 6.54. The molecule has 42 heavy (non-hydrogen) atoms. The number of carboxylic acid groups (broad SMARTS) is 1. The summed E-state index contributed by atoms with van der Waals surface area (Å²) < 4.78 is 35.5. The number of esters is 1. The maximum atomic E-state index is 15.4. The first kappa shape index (κ1) is 29.8. The van der Waals surface area contributed by atoms with Crippen molar-refractivity contribution in [2.75, 3.05) is 32.8 Å². The highest BCUT2D eigenvalue weighted by atomic mass is 32.1. The van der Waals surface area contributed by atoms with E-state index < -0.39 is 53.3 Å². The lowest BCUT2D eigenvalue weighted by Gasteiger charge is -2.32. The number of fused-ring (bicyclic) bond motifs is 1. The van der Waals surface area contributed by atoms with Gasteiger partial charge in [0.15, 0.2) is 10.8 Å². The zero-order chi connectivity index (χ0) is 30.3. The normalized spacial score (nSPS) is 24.5. The van der Waals surface area contributed by atoms with Gasteiger partial charge in [-0.25, -0.2) is 18.6 Å². The van der Waals surface area contributed by atoms with Gasteiger partial charge in [-0.15, -0.1) is 11.3 Å². The molecule has 10 nitrogen and oxygen atoms in total. The Hall–Kier alpha value is -3.71. The molecule has 4 heterocycles. The van der Waals surface area contributed by atoms with Crippen LogP contribution in [0.4, 0.5) is 8.78 Å². The molecular weight excluding hydrogens is 568 g/mol. The van der Waals surface area contributed by atoms with Gasteiger partial charge in [0, 0.05) is 49.5 Å². The summed E-state index contributed by atoms with van der Waals surface area (Å²) in [5, 5.41) is 15.1. The second-order valence-electron chi connectivity index (χ2n) is 11.4. The Morgan fingerprint density at radius 2 is 2.05 bits per heavy atom. The van der Waals surface area contributed by atoms with E-state index in [-0.39, 0.29) is 38.4 Å². The van der Waals surface area contributed by atoms with Crippen LogP contribution in [-0.2, 0) is 19.1 Å². The summed E-state index contributed by atoms with van der Waals surface area (Å²) in [7, 11) is 0. The predicted octanol–water partition coefficient (Wildman–Crippen LogP) is 3.09. The number of rotatable bonds is 9.